The van der Waals surface area contributed by atoms with Gasteiger partial charge in [0, 0.05) is 13.3 Å². The highest BCUT2D eigenvalue weighted by Gasteiger charge is 2.37. The molecule has 1 aromatic carbocycles. The molecule has 1 heterocycles. The number of ether oxygens (including phenoxy) is 1. The van der Waals surface area contributed by atoms with E-state index in [-0.39, 0.29) is 5.82 Å². The zero-order valence-electron chi connectivity index (χ0n) is 12.3. The molecule has 0 aliphatic heterocycles. The predicted octanol–water partition coefficient (Wildman–Crippen LogP) is 3.36. The molecule has 1 unspecified atom stereocenters. The van der Waals surface area contributed by atoms with Crippen molar-refractivity contribution in [2.24, 2.45) is 0 Å². The third-order valence-corrected chi connectivity index (χ3v) is 3.09. The van der Waals surface area contributed by atoms with Crippen molar-refractivity contribution in [2.45, 2.75) is 12.3 Å². The summed E-state index contributed by atoms with van der Waals surface area (Å²) in [5.74, 6) is -0.900. The van der Waals surface area contributed by atoms with Gasteiger partial charge in [-0.15, -0.1) is 0 Å². The van der Waals surface area contributed by atoms with Crippen LogP contribution >= 0.6 is 0 Å². The van der Waals surface area contributed by atoms with Crippen LogP contribution in [0.25, 0.3) is 0 Å². The summed E-state index contributed by atoms with van der Waals surface area (Å²) in [5.41, 5.74) is 0.475. The van der Waals surface area contributed by atoms with Gasteiger partial charge in [0.25, 0.3) is 5.91 Å². The molecule has 1 atom stereocenters. The summed E-state index contributed by atoms with van der Waals surface area (Å²) >= 11 is 0. The number of nitrogens with zero attached hydrogens (tertiary/aromatic N) is 2. The number of amides is 1. The molecule has 0 spiro atoms. The van der Waals surface area contributed by atoms with Crippen LogP contribution in [0.15, 0.2) is 54.7 Å². The molecule has 0 N–H and O–H groups in total. The van der Waals surface area contributed by atoms with E-state index in [0.717, 1.165) is 0 Å². The number of pyridine rings is 1. The number of carbonyl (C=O) groups excluding carboxylic acids is 1. The Hall–Kier alpha value is -2.41. The van der Waals surface area contributed by atoms with Gasteiger partial charge in [-0.05, 0) is 17.7 Å². The molecule has 122 valence electrons. The number of anilines is 1. The fraction of sp³-hybridized carbons (Fsp3) is 0.250. The Morgan fingerprint density at radius 1 is 1.17 bits per heavy atom. The lowest BCUT2D eigenvalue weighted by Crippen LogP contribution is -2.42. The summed E-state index contributed by atoms with van der Waals surface area (Å²) in [7, 11) is 1.28. The molecular formula is C16H15F3N2O2. The van der Waals surface area contributed by atoms with Crippen LogP contribution in [0.3, 0.4) is 0 Å². The van der Waals surface area contributed by atoms with Crippen LogP contribution in [0.1, 0.15) is 11.7 Å². The topological polar surface area (TPSA) is 42.4 Å². The van der Waals surface area contributed by atoms with Gasteiger partial charge < -0.3 is 4.74 Å². The number of rotatable bonds is 5. The molecule has 0 saturated heterocycles. The molecule has 0 saturated carbocycles. The first-order valence-corrected chi connectivity index (χ1v) is 6.79. The van der Waals surface area contributed by atoms with Gasteiger partial charge in [0.15, 0.2) is 6.10 Å². The van der Waals surface area contributed by atoms with E-state index in [1.165, 1.54) is 25.4 Å². The van der Waals surface area contributed by atoms with E-state index in [9.17, 15) is 18.0 Å². The minimum absolute atomic E-state index is 0.0761. The predicted molar refractivity (Wildman–Crippen MR) is 78.8 cm³/mol. The maximum absolute atomic E-state index is 12.9. The Bertz CT molecular complexity index is 633. The van der Waals surface area contributed by atoms with Crippen LogP contribution in [-0.4, -0.2) is 30.7 Å². The zero-order valence-corrected chi connectivity index (χ0v) is 12.3. The van der Waals surface area contributed by atoms with Crippen molar-refractivity contribution in [1.29, 1.82) is 0 Å². The van der Waals surface area contributed by atoms with Crippen molar-refractivity contribution >= 4 is 11.7 Å². The molecule has 23 heavy (non-hydrogen) atoms. The summed E-state index contributed by atoms with van der Waals surface area (Å²) < 4.78 is 43.7. The van der Waals surface area contributed by atoms with Crippen molar-refractivity contribution in [1.82, 2.24) is 4.98 Å². The van der Waals surface area contributed by atoms with Crippen LogP contribution in [0, 0.1) is 0 Å². The summed E-state index contributed by atoms with van der Waals surface area (Å²) in [6.45, 7) is -1.43. The molecule has 2 aromatic rings. The van der Waals surface area contributed by atoms with Crippen LogP contribution in [0.5, 0.6) is 0 Å². The molecule has 0 aliphatic rings. The van der Waals surface area contributed by atoms with Crippen LogP contribution < -0.4 is 4.90 Å². The maximum atomic E-state index is 12.9. The van der Waals surface area contributed by atoms with Crippen LogP contribution in [0.4, 0.5) is 19.0 Å². The monoisotopic (exact) mass is 324 g/mol. The van der Waals surface area contributed by atoms with E-state index in [0.29, 0.717) is 10.5 Å². The quantitative estimate of drug-likeness (QED) is 0.847. The average molecular weight is 324 g/mol. The van der Waals surface area contributed by atoms with E-state index in [1.54, 1.807) is 36.4 Å². The zero-order chi connectivity index (χ0) is 16.9. The van der Waals surface area contributed by atoms with Gasteiger partial charge >= 0.3 is 6.18 Å². The van der Waals surface area contributed by atoms with Crippen molar-refractivity contribution in [3.05, 3.63) is 60.3 Å². The second kappa shape index (κ2) is 7.23. The lowest BCUT2D eigenvalue weighted by molar-refractivity contribution is -0.139. The standard InChI is InChI=1S/C16H15F3N2O2/c1-23-14(12-7-3-2-4-8-12)15(22)21(11-16(17,18)19)13-9-5-6-10-20-13/h2-10,14H,11H2,1H3. The number of carbonyl (C=O) groups is 1. The number of hydrogen-bond donors (Lipinski definition) is 0. The average Bonchev–Trinajstić information content (AvgIpc) is 2.54. The molecule has 2 rings (SSSR count). The fourth-order valence-corrected chi connectivity index (χ4v) is 2.11. The minimum Gasteiger partial charge on any atom is -0.367 e. The van der Waals surface area contributed by atoms with E-state index in [2.05, 4.69) is 4.98 Å². The number of aromatic nitrogens is 1. The van der Waals surface area contributed by atoms with Gasteiger partial charge in [-0.2, -0.15) is 13.2 Å². The fourth-order valence-electron chi connectivity index (χ4n) is 2.11. The summed E-state index contributed by atoms with van der Waals surface area (Å²) in [4.78, 5) is 17.0. The van der Waals surface area contributed by atoms with Gasteiger partial charge in [0.1, 0.15) is 12.4 Å². The van der Waals surface area contributed by atoms with E-state index in [4.69, 9.17) is 4.74 Å². The van der Waals surface area contributed by atoms with E-state index in [1.807, 2.05) is 0 Å². The first-order chi connectivity index (χ1) is 10.9. The Balaban J connectivity index is 2.36. The normalized spacial score (nSPS) is 12.7. The molecule has 1 aromatic heterocycles. The highest BCUT2D eigenvalue weighted by Crippen LogP contribution is 2.26. The molecular weight excluding hydrogens is 309 g/mol. The van der Waals surface area contributed by atoms with Gasteiger partial charge in [-0.3, -0.25) is 9.69 Å². The highest BCUT2D eigenvalue weighted by molar-refractivity contribution is 5.96. The van der Waals surface area contributed by atoms with Gasteiger partial charge in [-0.25, -0.2) is 4.98 Å². The molecule has 1 amide bonds. The Morgan fingerprint density at radius 2 is 1.83 bits per heavy atom. The SMILES string of the molecule is COC(C(=O)N(CC(F)(F)F)c1ccccn1)c1ccccc1. The van der Waals surface area contributed by atoms with Crippen molar-refractivity contribution in [3.8, 4) is 0 Å². The van der Waals surface area contributed by atoms with E-state index >= 15 is 0 Å². The molecule has 0 bridgehead atoms. The third-order valence-electron chi connectivity index (χ3n) is 3.09. The Morgan fingerprint density at radius 3 is 2.35 bits per heavy atom. The Labute approximate surface area is 131 Å². The van der Waals surface area contributed by atoms with Crippen LogP contribution in [0.2, 0.25) is 0 Å². The van der Waals surface area contributed by atoms with E-state index < -0.39 is 24.7 Å². The molecule has 7 heteroatoms. The molecule has 4 nitrogen and oxygen atoms in total. The Kier molecular flexibility index (Phi) is 5.33. The maximum Gasteiger partial charge on any atom is 0.406 e. The number of alkyl halides is 3. The lowest BCUT2D eigenvalue weighted by atomic mass is 10.1. The number of benzene rings is 1. The first-order valence-electron chi connectivity index (χ1n) is 6.79. The summed E-state index contributed by atoms with van der Waals surface area (Å²) in [6.07, 6.45) is -4.36. The van der Waals surface area contributed by atoms with Gasteiger partial charge in [-0.1, -0.05) is 36.4 Å². The summed E-state index contributed by atoms with van der Waals surface area (Å²) in [6, 6.07) is 12.8. The molecule has 0 fully saturated rings. The van der Waals surface area contributed by atoms with Gasteiger partial charge in [0.2, 0.25) is 0 Å². The minimum atomic E-state index is -4.55. The number of hydrogen-bond acceptors (Lipinski definition) is 3. The lowest BCUT2D eigenvalue weighted by Gasteiger charge is -2.27. The number of methoxy groups -OCH3 is 1. The van der Waals surface area contributed by atoms with Crippen LogP contribution in [-0.2, 0) is 9.53 Å². The highest BCUT2D eigenvalue weighted by atomic mass is 19.4. The van der Waals surface area contributed by atoms with Crippen molar-refractivity contribution in [2.75, 3.05) is 18.6 Å². The number of halogens is 3. The molecule has 0 aliphatic carbocycles. The van der Waals surface area contributed by atoms with Crippen molar-refractivity contribution < 1.29 is 22.7 Å². The van der Waals surface area contributed by atoms with Crippen molar-refractivity contribution in [3.63, 3.8) is 0 Å². The summed E-state index contributed by atoms with van der Waals surface area (Å²) in [5, 5.41) is 0. The second-order valence-electron chi connectivity index (χ2n) is 4.75. The largest absolute Gasteiger partial charge is 0.406 e. The second-order valence-corrected chi connectivity index (χ2v) is 4.75. The van der Waals surface area contributed by atoms with Gasteiger partial charge in [0.05, 0.1) is 0 Å². The third kappa shape index (κ3) is 4.53. The molecule has 0 radical (unpaired) electrons. The smallest absolute Gasteiger partial charge is 0.367 e. The first kappa shape index (κ1) is 17.0.